The molecule has 0 radical (unpaired) electrons. The van der Waals surface area contributed by atoms with E-state index in [1.165, 1.54) is 24.3 Å². The summed E-state index contributed by atoms with van der Waals surface area (Å²) in [5.41, 5.74) is -2.12. The summed E-state index contributed by atoms with van der Waals surface area (Å²) in [5, 5.41) is 17.6. The molecule has 1 heterocycles. The van der Waals surface area contributed by atoms with Gasteiger partial charge in [-0.1, -0.05) is 0 Å². The summed E-state index contributed by atoms with van der Waals surface area (Å²) < 4.78 is 44.2. The molecule has 0 bridgehead atoms. The number of ether oxygens (including phenoxy) is 1. The van der Waals surface area contributed by atoms with Crippen molar-refractivity contribution in [2.24, 2.45) is 5.41 Å². The topological polar surface area (TPSA) is 87.1 Å². The molecular formula is C15H16F3NO5. The number of aliphatic hydroxyl groups is 1. The van der Waals surface area contributed by atoms with E-state index in [1.54, 1.807) is 0 Å². The molecule has 0 spiro atoms. The van der Waals surface area contributed by atoms with Crippen molar-refractivity contribution in [2.45, 2.75) is 12.6 Å². The van der Waals surface area contributed by atoms with Crippen LogP contribution in [0.4, 0.5) is 13.2 Å². The molecule has 0 aromatic heterocycles. The highest BCUT2D eigenvalue weighted by molar-refractivity contribution is 5.94. The molecule has 2 rings (SSSR count). The van der Waals surface area contributed by atoms with Crippen molar-refractivity contribution in [3.8, 4) is 5.75 Å². The molecule has 1 aromatic carbocycles. The van der Waals surface area contributed by atoms with E-state index >= 15 is 0 Å². The summed E-state index contributed by atoms with van der Waals surface area (Å²) in [6, 6.07) is 5.45. The fourth-order valence-corrected chi connectivity index (χ4v) is 2.52. The number of carbonyl (C=O) groups excluding carboxylic acids is 1. The number of nitrogens with zero attached hydrogens (tertiary/aromatic N) is 1. The molecule has 1 aromatic rings. The first-order chi connectivity index (χ1) is 11.2. The predicted molar refractivity (Wildman–Crippen MR) is 75.7 cm³/mol. The molecule has 1 fully saturated rings. The van der Waals surface area contributed by atoms with Gasteiger partial charge in [0, 0.05) is 18.7 Å². The predicted octanol–water partition coefficient (Wildman–Crippen LogP) is 1.54. The zero-order valence-corrected chi connectivity index (χ0v) is 12.5. The molecule has 1 aliphatic rings. The number of amides is 1. The largest absolute Gasteiger partial charge is 0.482 e. The second-order valence-electron chi connectivity index (χ2n) is 5.62. The highest BCUT2D eigenvalue weighted by atomic mass is 19.4. The minimum Gasteiger partial charge on any atom is -0.482 e. The van der Waals surface area contributed by atoms with E-state index < -0.39 is 43.2 Å². The first kappa shape index (κ1) is 18.1. The average Bonchev–Trinajstić information content (AvgIpc) is 2.98. The molecule has 1 amide bonds. The Kier molecular flexibility index (Phi) is 5.02. The van der Waals surface area contributed by atoms with Crippen LogP contribution in [0.5, 0.6) is 5.75 Å². The van der Waals surface area contributed by atoms with Gasteiger partial charge in [0.25, 0.3) is 5.91 Å². The van der Waals surface area contributed by atoms with Crippen molar-refractivity contribution in [2.75, 3.05) is 26.3 Å². The van der Waals surface area contributed by atoms with Crippen LogP contribution in [0.25, 0.3) is 0 Å². The van der Waals surface area contributed by atoms with Crippen molar-refractivity contribution in [1.29, 1.82) is 0 Å². The van der Waals surface area contributed by atoms with Gasteiger partial charge in [-0.2, -0.15) is 13.2 Å². The Hall–Kier alpha value is -2.29. The molecule has 2 N–H and O–H groups in total. The second-order valence-corrected chi connectivity index (χ2v) is 5.62. The van der Waals surface area contributed by atoms with Gasteiger partial charge >= 0.3 is 12.1 Å². The third-order valence-corrected chi connectivity index (χ3v) is 4.01. The number of aliphatic hydroxyl groups excluding tert-OH is 1. The SMILES string of the molecule is O=C(O)COc1ccc(C(=O)N2CCC(CO)(C(F)(F)F)C2)cc1. The van der Waals surface area contributed by atoms with Gasteiger partial charge in [-0.15, -0.1) is 0 Å². The minimum atomic E-state index is -4.59. The lowest BCUT2D eigenvalue weighted by Crippen LogP contribution is -2.44. The number of hydrogen-bond acceptors (Lipinski definition) is 4. The smallest absolute Gasteiger partial charge is 0.398 e. The van der Waals surface area contributed by atoms with Crippen molar-refractivity contribution in [1.82, 2.24) is 4.90 Å². The molecular weight excluding hydrogens is 331 g/mol. The number of carboxylic acids is 1. The molecule has 24 heavy (non-hydrogen) atoms. The summed E-state index contributed by atoms with van der Waals surface area (Å²) in [7, 11) is 0. The lowest BCUT2D eigenvalue weighted by atomic mass is 9.87. The first-order valence-electron chi connectivity index (χ1n) is 7.10. The maximum absolute atomic E-state index is 13.1. The minimum absolute atomic E-state index is 0.101. The number of likely N-dealkylation sites (tertiary alicyclic amines) is 1. The number of aliphatic carboxylic acids is 1. The van der Waals surface area contributed by atoms with E-state index in [-0.39, 0.29) is 24.3 Å². The monoisotopic (exact) mass is 347 g/mol. The lowest BCUT2D eigenvalue weighted by Gasteiger charge is -2.29. The molecule has 0 saturated carbocycles. The van der Waals surface area contributed by atoms with Gasteiger partial charge in [-0.25, -0.2) is 4.79 Å². The van der Waals surface area contributed by atoms with Crippen molar-refractivity contribution < 1.29 is 37.7 Å². The Bertz CT molecular complexity index is 617. The molecule has 132 valence electrons. The van der Waals surface area contributed by atoms with E-state index in [9.17, 15) is 22.8 Å². The molecule has 9 heteroatoms. The quantitative estimate of drug-likeness (QED) is 0.844. The van der Waals surface area contributed by atoms with E-state index in [1.807, 2.05) is 0 Å². The second kappa shape index (κ2) is 6.68. The van der Waals surface area contributed by atoms with Crippen LogP contribution in [-0.2, 0) is 4.79 Å². The highest BCUT2D eigenvalue weighted by Crippen LogP contribution is 2.45. The maximum atomic E-state index is 13.1. The normalized spacial score (nSPS) is 20.9. The lowest BCUT2D eigenvalue weighted by molar-refractivity contribution is -0.229. The summed E-state index contributed by atoms with van der Waals surface area (Å²) in [5.74, 6) is -1.51. The third-order valence-electron chi connectivity index (χ3n) is 4.01. The fourth-order valence-electron chi connectivity index (χ4n) is 2.52. The van der Waals surface area contributed by atoms with Gasteiger partial charge in [-0.3, -0.25) is 4.79 Å². The first-order valence-corrected chi connectivity index (χ1v) is 7.10. The molecule has 0 aliphatic carbocycles. The van der Waals surface area contributed by atoms with Gasteiger partial charge in [0.2, 0.25) is 0 Å². The van der Waals surface area contributed by atoms with E-state index in [0.717, 1.165) is 4.90 Å². The van der Waals surface area contributed by atoms with E-state index in [0.29, 0.717) is 0 Å². The number of benzene rings is 1. The molecule has 1 unspecified atom stereocenters. The Balaban J connectivity index is 2.06. The van der Waals surface area contributed by atoms with Crippen LogP contribution in [0.1, 0.15) is 16.8 Å². The van der Waals surface area contributed by atoms with Crippen LogP contribution in [0.3, 0.4) is 0 Å². The van der Waals surface area contributed by atoms with Crippen LogP contribution in [0.15, 0.2) is 24.3 Å². The van der Waals surface area contributed by atoms with E-state index in [4.69, 9.17) is 14.9 Å². The Labute approximate surface area is 135 Å². The van der Waals surface area contributed by atoms with Crippen molar-refractivity contribution in [3.63, 3.8) is 0 Å². The molecule has 1 aliphatic heterocycles. The maximum Gasteiger partial charge on any atom is 0.398 e. The summed E-state index contributed by atoms with van der Waals surface area (Å²) in [4.78, 5) is 23.7. The fraction of sp³-hybridized carbons (Fsp3) is 0.467. The average molecular weight is 347 g/mol. The van der Waals surface area contributed by atoms with E-state index in [2.05, 4.69) is 0 Å². The Morgan fingerprint density at radius 3 is 2.33 bits per heavy atom. The van der Waals surface area contributed by atoms with Gasteiger partial charge < -0.3 is 19.8 Å². The van der Waals surface area contributed by atoms with Crippen LogP contribution < -0.4 is 4.74 Å². The standard InChI is InChI=1S/C15H16F3NO5/c16-15(17,18)14(9-20)5-6-19(8-14)13(23)10-1-3-11(4-2-10)24-7-12(21)22/h1-4,20H,5-9H2,(H,21,22). The van der Waals surface area contributed by atoms with Gasteiger partial charge in [0.05, 0.1) is 6.61 Å². The highest BCUT2D eigenvalue weighted by Gasteiger charge is 2.58. The van der Waals surface area contributed by atoms with Crippen molar-refractivity contribution in [3.05, 3.63) is 29.8 Å². The molecule has 6 nitrogen and oxygen atoms in total. The molecule has 1 atom stereocenters. The summed E-state index contributed by atoms with van der Waals surface area (Å²) in [6.07, 6.45) is -4.94. The van der Waals surface area contributed by atoms with Gasteiger partial charge in [-0.05, 0) is 30.7 Å². The third kappa shape index (κ3) is 3.61. The summed E-state index contributed by atoms with van der Waals surface area (Å²) in [6.45, 7) is -2.30. The van der Waals surface area contributed by atoms with Crippen LogP contribution >= 0.6 is 0 Å². The van der Waals surface area contributed by atoms with Crippen molar-refractivity contribution >= 4 is 11.9 Å². The van der Waals surface area contributed by atoms with Crippen LogP contribution in [-0.4, -0.2) is 59.5 Å². The van der Waals surface area contributed by atoms with Gasteiger partial charge in [0.1, 0.15) is 11.2 Å². The number of alkyl halides is 3. The zero-order valence-electron chi connectivity index (χ0n) is 12.5. The zero-order chi connectivity index (χ0) is 18.0. The number of carbonyl (C=O) groups is 2. The molecule has 1 saturated heterocycles. The Morgan fingerprint density at radius 1 is 1.25 bits per heavy atom. The number of hydrogen-bond donors (Lipinski definition) is 2. The number of halogens is 3. The van der Waals surface area contributed by atoms with Crippen LogP contribution in [0.2, 0.25) is 0 Å². The van der Waals surface area contributed by atoms with Crippen LogP contribution in [0, 0.1) is 5.41 Å². The summed E-state index contributed by atoms with van der Waals surface area (Å²) >= 11 is 0. The Morgan fingerprint density at radius 2 is 1.88 bits per heavy atom. The van der Waals surface area contributed by atoms with Gasteiger partial charge in [0.15, 0.2) is 6.61 Å². The number of rotatable bonds is 5. The number of carboxylic acid groups (broad SMARTS) is 1.